The predicted molar refractivity (Wildman–Crippen MR) is 64.4 cm³/mol. The summed E-state index contributed by atoms with van der Waals surface area (Å²) in [5, 5.41) is 9.19. The van der Waals surface area contributed by atoms with Gasteiger partial charge in [-0.1, -0.05) is 19.3 Å². The van der Waals surface area contributed by atoms with E-state index in [1.165, 1.54) is 19.3 Å². The van der Waals surface area contributed by atoms with Crippen LogP contribution in [0.3, 0.4) is 0 Å². The van der Waals surface area contributed by atoms with Crippen LogP contribution in [0.5, 0.6) is 0 Å². The zero-order valence-electron chi connectivity index (χ0n) is 9.63. The second-order valence-electron chi connectivity index (χ2n) is 4.56. The highest BCUT2D eigenvalue weighted by atomic mass is 15.1. The van der Waals surface area contributed by atoms with Crippen molar-refractivity contribution in [3.05, 3.63) is 24.2 Å². The van der Waals surface area contributed by atoms with Crippen molar-refractivity contribution in [1.29, 1.82) is 5.26 Å². The van der Waals surface area contributed by atoms with Gasteiger partial charge in [-0.2, -0.15) is 5.26 Å². The van der Waals surface area contributed by atoms with Gasteiger partial charge in [0.25, 0.3) is 0 Å². The van der Waals surface area contributed by atoms with Crippen LogP contribution in [0.4, 0.5) is 0 Å². The molecule has 0 aliphatic heterocycles. The second kappa shape index (κ2) is 4.17. The maximum absolute atomic E-state index is 9.19. The van der Waals surface area contributed by atoms with Crippen LogP contribution in [0.2, 0.25) is 0 Å². The Morgan fingerprint density at radius 1 is 1.29 bits per heavy atom. The lowest BCUT2D eigenvalue weighted by atomic mass is 9.95. The van der Waals surface area contributed by atoms with Crippen molar-refractivity contribution < 1.29 is 0 Å². The van der Waals surface area contributed by atoms with Crippen LogP contribution in [0.15, 0.2) is 18.3 Å². The van der Waals surface area contributed by atoms with Crippen molar-refractivity contribution >= 4 is 11.2 Å². The SMILES string of the molecule is N#Cc1nc2cccnc2n1C1CCCCC1. The van der Waals surface area contributed by atoms with Gasteiger partial charge in [0, 0.05) is 12.2 Å². The molecule has 0 spiro atoms. The van der Waals surface area contributed by atoms with E-state index >= 15 is 0 Å². The molecular weight excluding hydrogens is 212 g/mol. The molecule has 3 rings (SSSR count). The molecule has 86 valence electrons. The molecule has 2 heterocycles. The summed E-state index contributed by atoms with van der Waals surface area (Å²) in [5.74, 6) is 0.505. The van der Waals surface area contributed by atoms with E-state index < -0.39 is 0 Å². The lowest BCUT2D eigenvalue weighted by Crippen LogP contribution is -2.14. The van der Waals surface area contributed by atoms with Gasteiger partial charge in [-0.25, -0.2) is 9.97 Å². The Bertz CT molecular complexity index is 573. The fourth-order valence-electron chi connectivity index (χ4n) is 2.69. The summed E-state index contributed by atoms with van der Waals surface area (Å²) < 4.78 is 2.04. The molecule has 0 radical (unpaired) electrons. The Hall–Kier alpha value is -1.89. The molecule has 1 aliphatic carbocycles. The number of nitrogens with zero attached hydrogens (tertiary/aromatic N) is 4. The number of nitriles is 1. The van der Waals surface area contributed by atoms with E-state index in [2.05, 4.69) is 16.0 Å². The fraction of sp³-hybridized carbons (Fsp3) is 0.462. The van der Waals surface area contributed by atoms with Crippen LogP contribution in [0, 0.1) is 11.3 Å². The molecule has 1 aliphatic rings. The van der Waals surface area contributed by atoms with Gasteiger partial charge in [0.15, 0.2) is 5.65 Å². The number of aromatic nitrogens is 3. The quantitative estimate of drug-likeness (QED) is 0.751. The minimum atomic E-state index is 0.401. The highest BCUT2D eigenvalue weighted by Gasteiger charge is 2.21. The van der Waals surface area contributed by atoms with E-state index in [0.29, 0.717) is 11.9 Å². The van der Waals surface area contributed by atoms with Crippen LogP contribution in [-0.2, 0) is 0 Å². The first-order valence-electron chi connectivity index (χ1n) is 6.13. The first-order valence-corrected chi connectivity index (χ1v) is 6.13. The normalized spacial score (nSPS) is 17.1. The van der Waals surface area contributed by atoms with Gasteiger partial charge in [-0.15, -0.1) is 0 Å². The maximum atomic E-state index is 9.19. The first-order chi connectivity index (χ1) is 8.40. The Balaban J connectivity index is 2.15. The smallest absolute Gasteiger partial charge is 0.215 e. The van der Waals surface area contributed by atoms with Crippen LogP contribution in [0.1, 0.15) is 44.0 Å². The van der Waals surface area contributed by atoms with Gasteiger partial charge in [0.05, 0.1) is 0 Å². The standard InChI is InChI=1S/C13H14N4/c14-9-12-16-11-7-4-8-15-13(11)17(12)10-5-2-1-3-6-10/h4,7-8,10H,1-3,5-6H2. The molecule has 0 N–H and O–H groups in total. The molecule has 1 fully saturated rings. The molecule has 0 atom stereocenters. The summed E-state index contributed by atoms with van der Waals surface area (Å²) in [6.45, 7) is 0. The number of fused-ring (bicyclic) bond motifs is 1. The Morgan fingerprint density at radius 3 is 2.88 bits per heavy atom. The molecule has 1 saturated carbocycles. The first kappa shape index (κ1) is 10.3. The van der Waals surface area contributed by atoms with Crippen LogP contribution < -0.4 is 0 Å². The van der Waals surface area contributed by atoms with Gasteiger partial charge >= 0.3 is 0 Å². The van der Waals surface area contributed by atoms with Crippen molar-refractivity contribution in [2.24, 2.45) is 0 Å². The third-order valence-corrected chi connectivity index (χ3v) is 3.49. The topological polar surface area (TPSA) is 54.5 Å². The van der Waals surface area contributed by atoms with E-state index in [0.717, 1.165) is 24.0 Å². The van der Waals surface area contributed by atoms with Gasteiger partial charge in [0.2, 0.25) is 5.82 Å². The number of pyridine rings is 1. The molecule has 0 saturated heterocycles. The Morgan fingerprint density at radius 2 is 2.12 bits per heavy atom. The van der Waals surface area contributed by atoms with E-state index in [4.69, 9.17) is 0 Å². The van der Waals surface area contributed by atoms with Crippen LogP contribution in [-0.4, -0.2) is 14.5 Å². The number of rotatable bonds is 1. The van der Waals surface area contributed by atoms with Crippen LogP contribution >= 0.6 is 0 Å². The highest BCUT2D eigenvalue weighted by Crippen LogP contribution is 2.31. The van der Waals surface area contributed by atoms with E-state index in [-0.39, 0.29) is 0 Å². The molecule has 4 nitrogen and oxygen atoms in total. The number of hydrogen-bond donors (Lipinski definition) is 0. The molecule has 0 amide bonds. The molecule has 2 aromatic rings. The summed E-state index contributed by atoms with van der Waals surface area (Å²) >= 11 is 0. The number of imidazole rings is 1. The summed E-state index contributed by atoms with van der Waals surface area (Å²) in [5.41, 5.74) is 1.69. The lowest BCUT2D eigenvalue weighted by molar-refractivity contribution is 0.356. The largest absolute Gasteiger partial charge is 0.297 e. The maximum Gasteiger partial charge on any atom is 0.215 e. The monoisotopic (exact) mass is 226 g/mol. The van der Waals surface area contributed by atoms with E-state index in [1.807, 2.05) is 16.7 Å². The molecular formula is C13H14N4. The lowest BCUT2D eigenvalue weighted by Gasteiger charge is -2.23. The minimum absolute atomic E-state index is 0.401. The fourth-order valence-corrected chi connectivity index (χ4v) is 2.69. The Labute approximate surface area is 99.9 Å². The van der Waals surface area contributed by atoms with Gasteiger partial charge in [0.1, 0.15) is 11.6 Å². The van der Waals surface area contributed by atoms with Gasteiger partial charge in [-0.3, -0.25) is 4.57 Å². The second-order valence-corrected chi connectivity index (χ2v) is 4.56. The summed E-state index contributed by atoms with van der Waals surface area (Å²) in [6.07, 6.45) is 7.82. The summed E-state index contributed by atoms with van der Waals surface area (Å²) in [6, 6.07) is 6.38. The third kappa shape index (κ3) is 1.68. The molecule has 0 bridgehead atoms. The zero-order chi connectivity index (χ0) is 11.7. The van der Waals surface area contributed by atoms with Crippen molar-refractivity contribution in [2.75, 3.05) is 0 Å². The van der Waals surface area contributed by atoms with Crippen molar-refractivity contribution in [2.45, 2.75) is 38.1 Å². The van der Waals surface area contributed by atoms with E-state index in [9.17, 15) is 5.26 Å². The zero-order valence-corrected chi connectivity index (χ0v) is 9.63. The van der Waals surface area contributed by atoms with E-state index in [1.54, 1.807) is 6.20 Å². The number of hydrogen-bond acceptors (Lipinski definition) is 3. The van der Waals surface area contributed by atoms with Crippen molar-refractivity contribution in [1.82, 2.24) is 14.5 Å². The molecule has 0 unspecified atom stereocenters. The van der Waals surface area contributed by atoms with Crippen LogP contribution in [0.25, 0.3) is 11.2 Å². The predicted octanol–water partition coefficient (Wildman–Crippen LogP) is 2.81. The average Bonchev–Trinajstić information content (AvgIpc) is 2.78. The van der Waals surface area contributed by atoms with Crippen molar-refractivity contribution in [3.63, 3.8) is 0 Å². The van der Waals surface area contributed by atoms with Gasteiger partial charge < -0.3 is 0 Å². The summed E-state index contributed by atoms with van der Waals surface area (Å²) in [4.78, 5) is 8.72. The minimum Gasteiger partial charge on any atom is -0.297 e. The summed E-state index contributed by atoms with van der Waals surface area (Å²) in [7, 11) is 0. The Kier molecular flexibility index (Phi) is 2.52. The highest BCUT2D eigenvalue weighted by molar-refractivity contribution is 5.72. The van der Waals surface area contributed by atoms with Gasteiger partial charge in [-0.05, 0) is 25.0 Å². The molecule has 17 heavy (non-hydrogen) atoms. The molecule has 4 heteroatoms. The third-order valence-electron chi connectivity index (χ3n) is 3.49. The van der Waals surface area contributed by atoms with Crippen molar-refractivity contribution in [3.8, 4) is 6.07 Å². The average molecular weight is 226 g/mol. The molecule has 2 aromatic heterocycles. The molecule has 0 aromatic carbocycles.